The first kappa shape index (κ1) is 40.8. The number of aromatic nitrogens is 1. The molecule has 1 fully saturated rings. The Kier molecular flexibility index (Phi) is 14.9. The SMILES string of the molecule is NC(=O)C[C@H](NC(=O)[C@H](CCC(=O)O)NC(=O)C(NC(=O)[C@@H](N)Cc1ccc2ccccc2c1)C1CCCCO1)C(=O)N[C@@H](Cc1cccnc1)C(=O)O. The van der Waals surface area contributed by atoms with Gasteiger partial charge in [0, 0.05) is 31.8 Å². The molecule has 2 aromatic carbocycles. The summed E-state index contributed by atoms with van der Waals surface area (Å²) in [4.78, 5) is 93.5. The molecule has 1 aliphatic heterocycles. The van der Waals surface area contributed by atoms with Crippen LogP contribution in [0.5, 0.6) is 0 Å². The van der Waals surface area contributed by atoms with Crippen LogP contribution in [0, 0.1) is 0 Å². The number of carbonyl (C=O) groups excluding carboxylic acids is 5. The first-order chi connectivity index (χ1) is 25.8. The van der Waals surface area contributed by atoms with E-state index in [2.05, 4.69) is 26.3 Å². The van der Waals surface area contributed by atoms with Gasteiger partial charge in [-0.15, -0.1) is 0 Å². The van der Waals surface area contributed by atoms with Crippen molar-refractivity contribution in [3.63, 3.8) is 0 Å². The molecule has 0 saturated carbocycles. The van der Waals surface area contributed by atoms with Gasteiger partial charge in [-0.25, -0.2) is 4.79 Å². The zero-order valence-electron chi connectivity index (χ0n) is 29.4. The van der Waals surface area contributed by atoms with E-state index in [1.54, 1.807) is 12.1 Å². The number of pyridine rings is 1. The average Bonchev–Trinajstić information content (AvgIpc) is 3.15. The highest BCUT2D eigenvalue weighted by Gasteiger charge is 2.37. The highest BCUT2D eigenvalue weighted by atomic mass is 16.5. The van der Waals surface area contributed by atoms with Crippen LogP contribution in [-0.4, -0.2) is 99.6 Å². The van der Waals surface area contributed by atoms with Gasteiger partial charge in [-0.1, -0.05) is 48.5 Å². The number of rotatable bonds is 19. The Morgan fingerprint density at radius 2 is 1.48 bits per heavy atom. The van der Waals surface area contributed by atoms with Gasteiger partial charge in [-0.05, 0) is 60.1 Å². The molecule has 10 N–H and O–H groups in total. The molecule has 17 nitrogen and oxygen atoms in total. The Morgan fingerprint density at radius 1 is 0.778 bits per heavy atom. The minimum atomic E-state index is -1.69. The number of aliphatic carboxylic acids is 2. The zero-order valence-corrected chi connectivity index (χ0v) is 29.4. The van der Waals surface area contributed by atoms with Crippen LogP contribution in [0.2, 0.25) is 0 Å². The Bertz CT molecular complexity index is 1820. The van der Waals surface area contributed by atoms with E-state index in [0.717, 1.165) is 22.8 Å². The second kappa shape index (κ2) is 19.8. The van der Waals surface area contributed by atoms with Crippen LogP contribution in [0.4, 0.5) is 0 Å². The molecule has 0 aliphatic carbocycles. The zero-order chi connectivity index (χ0) is 39.2. The van der Waals surface area contributed by atoms with Crippen molar-refractivity contribution in [3.05, 3.63) is 78.1 Å². The predicted molar refractivity (Wildman–Crippen MR) is 193 cm³/mol. The number of hydrogen-bond donors (Lipinski definition) is 8. The topological polar surface area (TPSA) is 282 Å². The van der Waals surface area contributed by atoms with Crippen LogP contribution in [0.1, 0.15) is 49.7 Å². The van der Waals surface area contributed by atoms with Crippen LogP contribution < -0.4 is 32.7 Å². The third-order valence-electron chi connectivity index (χ3n) is 8.87. The van der Waals surface area contributed by atoms with Crippen molar-refractivity contribution in [2.45, 2.75) is 87.7 Å². The molecule has 288 valence electrons. The molecule has 6 atom stereocenters. The Hall–Kier alpha value is -5.94. The van der Waals surface area contributed by atoms with Gasteiger partial charge in [-0.3, -0.25) is 33.8 Å². The lowest BCUT2D eigenvalue weighted by Gasteiger charge is -2.32. The van der Waals surface area contributed by atoms with E-state index in [1.165, 1.54) is 12.4 Å². The number of primary amides is 1. The number of carboxylic acids is 2. The second-order valence-electron chi connectivity index (χ2n) is 13.1. The molecule has 2 unspecified atom stereocenters. The van der Waals surface area contributed by atoms with E-state index in [1.807, 2.05) is 42.5 Å². The summed E-state index contributed by atoms with van der Waals surface area (Å²) in [5.41, 5.74) is 12.9. The maximum absolute atomic E-state index is 13.9. The third-order valence-corrected chi connectivity index (χ3v) is 8.87. The summed E-state index contributed by atoms with van der Waals surface area (Å²) in [5.74, 6) is -7.39. The van der Waals surface area contributed by atoms with Crippen LogP contribution in [0.15, 0.2) is 67.0 Å². The number of amides is 5. The molecule has 0 radical (unpaired) electrons. The van der Waals surface area contributed by atoms with E-state index in [4.69, 9.17) is 16.2 Å². The lowest BCUT2D eigenvalue weighted by atomic mass is 9.98. The number of hydrogen-bond acceptors (Lipinski definition) is 10. The van der Waals surface area contributed by atoms with Gasteiger partial charge in [-0.2, -0.15) is 0 Å². The van der Waals surface area contributed by atoms with E-state index in [9.17, 15) is 43.8 Å². The highest BCUT2D eigenvalue weighted by molar-refractivity contribution is 5.97. The van der Waals surface area contributed by atoms with Crippen LogP contribution in [0.25, 0.3) is 10.8 Å². The normalized spacial score (nSPS) is 16.8. The fourth-order valence-corrected chi connectivity index (χ4v) is 6.04. The van der Waals surface area contributed by atoms with Gasteiger partial charge in [0.25, 0.3) is 0 Å². The number of fused-ring (bicyclic) bond motifs is 1. The molecule has 17 heteroatoms. The van der Waals surface area contributed by atoms with Gasteiger partial charge in [0.05, 0.1) is 18.6 Å². The Balaban J connectivity index is 1.49. The number of ether oxygens (including phenoxy) is 1. The first-order valence-electron chi connectivity index (χ1n) is 17.5. The van der Waals surface area contributed by atoms with Crippen molar-refractivity contribution >= 4 is 52.2 Å². The third kappa shape index (κ3) is 12.3. The van der Waals surface area contributed by atoms with Gasteiger partial charge in [0.2, 0.25) is 29.5 Å². The number of nitrogens with two attached hydrogens (primary N) is 2. The summed E-state index contributed by atoms with van der Waals surface area (Å²) in [5, 5.41) is 30.8. The number of nitrogens with zero attached hydrogens (tertiary/aromatic N) is 1. The molecular formula is C37H45N7O10. The number of benzene rings is 2. The summed E-state index contributed by atoms with van der Waals surface area (Å²) in [6.07, 6.45) is 2.05. The van der Waals surface area contributed by atoms with Crippen LogP contribution in [0.3, 0.4) is 0 Å². The monoisotopic (exact) mass is 747 g/mol. The smallest absolute Gasteiger partial charge is 0.326 e. The summed E-state index contributed by atoms with van der Waals surface area (Å²) in [6, 6.07) is 9.37. The summed E-state index contributed by atoms with van der Waals surface area (Å²) in [7, 11) is 0. The molecule has 5 amide bonds. The van der Waals surface area contributed by atoms with Crippen molar-refractivity contribution in [1.82, 2.24) is 26.3 Å². The van der Waals surface area contributed by atoms with Crippen molar-refractivity contribution in [2.24, 2.45) is 11.5 Å². The quantitative estimate of drug-likeness (QED) is 0.0784. The molecule has 0 bridgehead atoms. The molecule has 54 heavy (non-hydrogen) atoms. The number of carbonyl (C=O) groups is 7. The maximum atomic E-state index is 13.9. The molecule has 2 heterocycles. The van der Waals surface area contributed by atoms with Crippen LogP contribution in [-0.2, 0) is 51.1 Å². The van der Waals surface area contributed by atoms with Crippen molar-refractivity contribution in [1.29, 1.82) is 0 Å². The molecule has 1 aliphatic rings. The average molecular weight is 748 g/mol. The van der Waals surface area contributed by atoms with E-state index < -0.39 is 97.1 Å². The van der Waals surface area contributed by atoms with Gasteiger partial charge < -0.3 is 47.7 Å². The first-order valence-corrected chi connectivity index (χ1v) is 17.5. The molecule has 4 rings (SSSR count). The van der Waals surface area contributed by atoms with E-state index in [0.29, 0.717) is 25.0 Å². The fraction of sp³-hybridized carbons (Fsp3) is 0.405. The maximum Gasteiger partial charge on any atom is 0.326 e. The molecule has 0 spiro atoms. The minimum absolute atomic E-state index is 0.147. The predicted octanol–water partition coefficient (Wildman–Crippen LogP) is -0.320. The fourth-order valence-electron chi connectivity index (χ4n) is 6.04. The molecule has 1 saturated heterocycles. The van der Waals surface area contributed by atoms with Crippen molar-refractivity contribution in [2.75, 3.05) is 6.61 Å². The number of nitrogens with one attached hydrogen (secondary N) is 4. The van der Waals surface area contributed by atoms with E-state index in [-0.39, 0.29) is 12.8 Å². The minimum Gasteiger partial charge on any atom is -0.481 e. The molecule has 1 aromatic heterocycles. The van der Waals surface area contributed by atoms with Crippen molar-refractivity contribution in [3.8, 4) is 0 Å². The molecule has 3 aromatic rings. The van der Waals surface area contributed by atoms with Crippen molar-refractivity contribution < 1.29 is 48.5 Å². The lowest BCUT2D eigenvalue weighted by Crippen LogP contribution is -2.61. The summed E-state index contributed by atoms with van der Waals surface area (Å²) < 4.78 is 5.82. The Labute approximate surface area is 310 Å². The van der Waals surface area contributed by atoms with Gasteiger partial charge in [0.1, 0.15) is 24.2 Å². The van der Waals surface area contributed by atoms with Gasteiger partial charge >= 0.3 is 11.9 Å². The summed E-state index contributed by atoms with van der Waals surface area (Å²) in [6.45, 7) is 0.304. The van der Waals surface area contributed by atoms with Gasteiger partial charge in [0.15, 0.2) is 0 Å². The molecular weight excluding hydrogens is 702 g/mol. The lowest BCUT2D eigenvalue weighted by molar-refractivity contribution is -0.142. The van der Waals surface area contributed by atoms with E-state index >= 15 is 0 Å². The standard InChI is InChI=1S/C37H45N7O10/c38-25(17-21-10-11-23-7-1-2-8-24(23)16-21)33(48)44-32(29-9-3-4-15-54-29)36(51)41-26(12-13-31(46)47)34(49)42-27(19-30(39)45)35(50)43-28(37(52)53)18-22-6-5-14-40-20-22/h1-2,5-8,10-11,14,16,20,25-29,32H,3-4,9,12-13,15,17-19,38H2,(H2,39,45)(H,41,51)(H,42,49)(H,43,50)(H,44,48)(H,46,47)(H,52,53)/t25-,26-,27-,28-,29?,32?/m0/s1. The second-order valence-corrected chi connectivity index (χ2v) is 13.1. The summed E-state index contributed by atoms with van der Waals surface area (Å²) >= 11 is 0. The number of carboxylic acid groups (broad SMARTS) is 2. The Morgan fingerprint density at radius 3 is 2.13 bits per heavy atom. The largest absolute Gasteiger partial charge is 0.481 e. The van der Waals surface area contributed by atoms with Crippen LogP contribution >= 0.6 is 0 Å². The highest BCUT2D eigenvalue weighted by Crippen LogP contribution is 2.19.